The van der Waals surface area contributed by atoms with Gasteiger partial charge >= 0.3 is 0 Å². The Balaban J connectivity index is 1.34. The van der Waals surface area contributed by atoms with Crippen LogP contribution in [-0.2, 0) is 24.8 Å². The number of hydrogen-bond donors (Lipinski definition) is 0. The Bertz CT molecular complexity index is 920. The van der Waals surface area contributed by atoms with Gasteiger partial charge in [0.15, 0.2) is 5.82 Å². The highest BCUT2D eigenvalue weighted by Gasteiger charge is 2.27. The number of carbonyl (C=O) groups excluding carboxylic acids is 1. The SMILES string of the molecule is Cc1ccc(CC(=O)N2CCC(c3nnc(Cn4ccnc4)n3C)CC2)cc1. The van der Waals surface area contributed by atoms with Crippen molar-refractivity contribution in [1.82, 2.24) is 29.2 Å². The van der Waals surface area contributed by atoms with E-state index < -0.39 is 0 Å². The monoisotopic (exact) mass is 378 g/mol. The fraction of sp³-hybridized carbons (Fsp3) is 0.429. The standard InChI is InChI=1S/C21H26N6O/c1-16-3-5-17(6-4-16)13-20(28)27-10-7-18(8-11-27)21-24-23-19(25(21)2)14-26-12-9-22-15-26/h3-6,9,12,15,18H,7-8,10-11,13-14H2,1-2H3. The van der Waals surface area contributed by atoms with Crippen LogP contribution in [0.25, 0.3) is 0 Å². The third-order valence-electron chi connectivity index (χ3n) is 5.57. The lowest BCUT2D eigenvalue weighted by Crippen LogP contribution is -2.39. The molecule has 0 N–H and O–H groups in total. The largest absolute Gasteiger partial charge is 0.342 e. The van der Waals surface area contributed by atoms with Crippen LogP contribution >= 0.6 is 0 Å². The van der Waals surface area contributed by atoms with E-state index in [0.717, 1.165) is 43.1 Å². The number of carbonyl (C=O) groups is 1. The van der Waals surface area contributed by atoms with E-state index in [-0.39, 0.29) is 5.91 Å². The van der Waals surface area contributed by atoms with Gasteiger partial charge in [-0.05, 0) is 25.3 Å². The first-order valence-electron chi connectivity index (χ1n) is 9.77. The van der Waals surface area contributed by atoms with Crippen molar-refractivity contribution in [2.24, 2.45) is 7.05 Å². The Morgan fingerprint density at radius 2 is 1.89 bits per heavy atom. The topological polar surface area (TPSA) is 68.8 Å². The molecule has 0 spiro atoms. The summed E-state index contributed by atoms with van der Waals surface area (Å²) in [5.74, 6) is 2.49. The van der Waals surface area contributed by atoms with Gasteiger partial charge in [0.2, 0.25) is 5.91 Å². The van der Waals surface area contributed by atoms with Crippen molar-refractivity contribution in [3.8, 4) is 0 Å². The molecule has 0 unspecified atom stereocenters. The van der Waals surface area contributed by atoms with E-state index in [4.69, 9.17) is 0 Å². The quantitative estimate of drug-likeness (QED) is 0.683. The predicted octanol–water partition coefficient (Wildman–Crippen LogP) is 2.32. The smallest absolute Gasteiger partial charge is 0.226 e. The number of hydrogen-bond acceptors (Lipinski definition) is 4. The number of piperidine rings is 1. The molecule has 146 valence electrons. The molecule has 1 aromatic carbocycles. The van der Waals surface area contributed by atoms with Gasteiger partial charge in [-0.3, -0.25) is 4.79 Å². The molecule has 7 nitrogen and oxygen atoms in total. The number of imidazole rings is 1. The minimum atomic E-state index is 0.209. The lowest BCUT2D eigenvalue weighted by molar-refractivity contribution is -0.131. The molecule has 1 fully saturated rings. The summed E-state index contributed by atoms with van der Waals surface area (Å²) in [6.45, 7) is 4.28. The molecule has 1 saturated heterocycles. The van der Waals surface area contributed by atoms with Crippen LogP contribution in [0.1, 0.15) is 41.5 Å². The van der Waals surface area contributed by atoms with E-state index in [9.17, 15) is 4.79 Å². The number of nitrogens with zero attached hydrogens (tertiary/aromatic N) is 6. The zero-order valence-electron chi connectivity index (χ0n) is 16.5. The highest BCUT2D eigenvalue weighted by Crippen LogP contribution is 2.27. The van der Waals surface area contributed by atoms with E-state index in [2.05, 4.69) is 38.8 Å². The summed E-state index contributed by atoms with van der Waals surface area (Å²) in [6, 6.07) is 8.21. The van der Waals surface area contributed by atoms with E-state index in [1.807, 2.05) is 34.8 Å². The van der Waals surface area contributed by atoms with E-state index in [1.54, 1.807) is 12.5 Å². The van der Waals surface area contributed by atoms with Gasteiger partial charge in [-0.25, -0.2) is 4.98 Å². The lowest BCUT2D eigenvalue weighted by atomic mass is 9.95. The minimum Gasteiger partial charge on any atom is -0.342 e. The molecular weight excluding hydrogens is 352 g/mol. The predicted molar refractivity (Wildman–Crippen MR) is 106 cm³/mol. The van der Waals surface area contributed by atoms with Crippen LogP contribution in [0.2, 0.25) is 0 Å². The third-order valence-corrected chi connectivity index (χ3v) is 5.57. The summed E-state index contributed by atoms with van der Waals surface area (Å²) in [5, 5.41) is 8.81. The maximum absolute atomic E-state index is 12.6. The number of amides is 1. The van der Waals surface area contributed by atoms with Crippen molar-refractivity contribution in [3.05, 3.63) is 65.8 Å². The second-order valence-corrected chi connectivity index (χ2v) is 7.59. The van der Waals surface area contributed by atoms with Crippen LogP contribution in [0, 0.1) is 6.92 Å². The molecule has 0 aliphatic carbocycles. The van der Waals surface area contributed by atoms with Gasteiger partial charge in [0.1, 0.15) is 5.82 Å². The Kier molecular flexibility index (Phi) is 5.23. The Labute approximate surface area is 165 Å². The molecule has 1 amide bonds. The molecular formula is C21H26N6O. The van der Waals surface area contributed by atoms with Gasteiger partial charge in [-0.2, -0.15) is 0 Å². The Morgan fingerprint density at radius 3 is 2.57 bits per heavy atom. The summed E-state index contributed by atoms with van der Waals surface area (Å²) >= 11 is 0. The summed E-state index contributed by atoms with van der Waals surface area (Å²) in [7, 11) is 2.02. The third kappa shape index (κ3) is 3.98. The van der Waals surface area contributed by atoms with E-state index >= 15 is 0 Å². The van der Waals surface area contributed by atoms with Crippen LogP contribution in [0.5, 0.6) is 0 Å². The second kappa shape index (κ2) is 7.96. The first-order chi connectivity index (χ1) is 13.6. The van der Waals surface area contributed by atoms with Crippen molar-refractivity contribution in [2.45, 2.75) is 38.6 Å². The summed E-state index contributed by atoms with van der Waals surface area (Å²) in [6.07, 6.45) is 7.80. The Hall–Kier alpha value is -2.96. The van der Waals surface area contributed by atoms with E-state index in [1.165, 1.54) is 5.56 Å². The van der Waals surface area contributed by atoms with Crippen molar-refractivity contribution in [3.63, 3.8) is 0 Å². The summed E-state index contributed by atoms with van der Waals surface area (Å²) in [4.78, 5) is 18.7. The normalized spacial score (nSPS) is 15.1. The zero-order valence-corrected chi connectivity index (χ0v) is 16.5. The second-order valence-electron chi connectivity index (χ2n) is 7.59. The van der Waals surface area contributed by atoms with Gasteiger partial charge in [0, 0.05) is 38.4 Å². The molecule has 7 heteroatoms. The molecule has 28 heavy (non-hydrogen) atoms. The highest BCUT2D eigenvalue weighted by atomic mass is 16.2. The highest BCUT2D eigenvalue weighted by molar-refractivity contribution is 5.78. The number of rotatable bonds is 5. The molecule has 1 aliphatic rings. The summed E-state index contributed by atoms with van der Waals surface area (Å²) < 4.78 is 4.08. The van der Waals surface area contributed by atoms with Gasteiger partial charge < -0.3 is 14.0 Å². The van der Waals surface area contributed by atoms with Crippen LogP contribution < -0.4 is 0 Å². The summed E-state index contributed by atoms with van der Waals surface area (Å²) in [5.41, 5.74) is 2.29. The molecule has 3 heterocycles. The number of benzene rings is 1. The minimum absolute atomic E-state index is 0.209. The van der Waals surface area contributed by atoms with Gasteiger partial charge in [0.25, 0.3) is 0 Å². The lowest BCUT2D eigenvalue weighted by Gasteiger charge is -2.31. The zero-order chi connectivity index (χ0) is 19.5. The maximum Gasteiger partial charge on any atom is 0.226 e. The molecule has 0 radical (unpaired) electrons. The van der Waals surface area contributed by atoms with Crippen LogP contribution in [-0.4, -0.2) is 48.2 Å². The number of aryl methyl sites for hydroxylation is 1. The average molecular weight is 378 g/mol. The first-order valence-corrected chi connectivity index (χ1v) is 9.77. The molecule has 1 aliphatic heterocycles. The first kappa shape index (κ1) is 18.4. The molecule has 2 aromatic heterocycles. The fourth-order valence-corrected chi connectivity index (χ4v) is 3.79. The molecule has 3 aromatic rings. The number of aromatic nitrogens is 5. The number of likely N-dealkylation sites (tertiary alicyclic amines) is 1. The molecule has 0 bridgehead atoms. The van der Waals surface area contributed by atoms with Gasteiger partial charge in [-0.1, -0.05) is 29.8 Å². The molecule has 0 atom stereocenters. The van der Waals surface area contributed by atoms with Crippen LogP contribution in [0.4, 0.5) is 0 Å². The molecule has 4 rings (SSSR count). The Morgan fingerprint density at radius 1 is 1.14 bits per heavy atom. The molecule has 0 saturated carbocycles. The average Bonchev–Trinajstić information content (AvgIpc) is 3.35. The van der Waals surface area contributed by atoms with Crippen molar-refractivity contribution < 1.29 is 4.79 Å². The van der Waals surface area contributed by atoms with E-state index in [0.29, 0.717) is 18.9 Å². The van der Waals surface area contributed by atoms with Gasteiger partial charge in [-0.15, -0.1) is 10.2 Å². The van der Waals surface area contributed by atoms with Crippen LogP contribution in [0.15, 0.2) is 43.0 Å². The van der Waals surface area contributed by atoms with Crippen molar-refractivity contribution in [1.29, 1.82) is 0 Å². The van der Waals surface area contributed by atoms with Gasteiger partial charge in [0.05, 0.1) is 19.3 Å². The fourth-order valence-electron chi connectivity index (χ4n) is 3.79. The van der Waals surface area contributed by atoms with Crippen molar-refractivity contribution >= 4 is 5.91 Å². The van der Waals surface area contributed by atoms with Crippen molar-refractivity contribution in [2.75, 3.05) is 13.1 Å². The maximum atomic E-state index is 12.6. The van der Waals surface area contributed by atoms with Crippen LogP contribution in [0.3, 0.4) is 0 Å².